The van der Waals surface area contributed by atoms with Crippen LogP contribution >= 0.6 is 0 Å². The molecule has 1 atom stereocenters. The van der Waals surface area contributed by atoms with E-state index >= 15 is 0 Å². The third-order valence-electron chi connectivity index (χ3n) is 1.73. The fraction of sp³-hybridized carbons (Fsp3) is 1.00. The summed E-state index contributed by atoms with van der Waals surface area (Å²) in [7, 11) is 0. The van der Waals surface area contributed by atoms with E-state index in [9.17, 15) is 0 Å². The van der Waals surface area contributed by atoms with Crippen molar-refractivity contribution >= 4 is 0 Å². The van der Waals surface area contributed by atoms with E-state index in [2.05, 4.69) is 0 Å². The molecule has 0 bridgehead atoms. The third-order valence-corrected chi connectivity index (χ3v) is 1.73. The summed E-state index contributed by atoms with van der Waals surface area (Å²) >= 11 is 0. The van der Waals surface area contributed by atoms with Gasteiger partial charge in [-0.2, -0.15) is 0 Å². The highest BCUT2D eigenvalue weighted by Gasteiger charge is 2.21. The van der Waals surface area contributed by atoms with Gasteiger partial charge in [0.15, 0.2) is 0 Å². The second-order valence-electron chi connectivity index (χ2n) is 2.28. The summed E-state index contributed by atoms with van der Waals surface area (Å²) in [6.45, 7) is -4.78. The fourth-order valence-electron chi connectivity index (χ4n) is 1.17. The zero-order chi connectivity index (χ0) is 11.0. The van der Waals surface area contributed by atoms with Gasteiger partial charge in [0.05, 0.1) is 6.61 Å². The molecule has 1 aliphatic rings. The number of aliphatic hydroxyl groups excluding tert-OH is 1. The molecule has 2 heteroatoms. The Bertz CT molecular complexity index is 205. The average molecular weight is 134 g/mol. The van der Waals surface area contributed by atoms with Crippen molar-refractivity contribution in [1.82, 2.24) is 4.90 Å². The number of rotatable bonds is 2. The summed E-state index contributed by atoms with van der Waals surface area (Å²) in [6, 6.07) is -0.356. The van der Waals surface area contributed by atoms with E-state index < -0.39 is 13.3 Å². The Balaban J connectivity index is 2.81. The van der Waals surface area contributed by atoms with E-state index in [0.29, 0.717) is 13.0 Å². The van der Waals surface area contributed by atoms with E-state index in [1.165, 1.54) is 4.90 Å². The predicted molar refractivity (Wildman–Crippen MR) is 37.4 cm³/mol. The molecule has 0 saturated carbocycles. The first-order valence-electron chi connectivity index (χ1n) is 5.68. The quantitative estimate of drug-likeness (QED) is 0.593. The van der Waals surface area contributed by atoms with Crippen LogP contribution in [-0.2, 0) is 0 Å². The van der Waals surface area contributed by atoms with Gasteiger partial charge < -0.3 is 5.11 Å². The zero-order valence-electron chi connectivity index (χ0n) is 10.3. The molecule has 0 unspecified atom stereocenters. The van der Waals surface area contributed by atoms with Crippen LogP contribution in [0.15, 0.2) is 0 Å². The first-order valence-corrected chi connectivity index (χ1v) is 3.18. The van der Waals surface area contributed by atoms with Crippen molar-refractivity contribution in [3.05, 3.63) is 0 Å². The molecular weight excluding hydrogens is 114 g/mol. The van der Waals surface area contributed by atoms with Crippen LogP contribution < -0.4 is 0 Å². The molecule has 1 saturated heterocycles. The minimum absolute atomic E-state index is 0.185. The van der Waals surface area contributed by atoms with Crippen LogP contribution in [0.1, 0.15) is 26.5 Å². The topological polar surface area (TPSA) is 23.5 Å². The number of hydrogen-bond donors (Lipinski definition) is 1. The summed E-state index contributed by atoms with van der Waals surface area (Å²) in [4.78, 5) is 1.25. The maximum absolute atomic E-state index is 8.97. The highest BCUT2D eigenvalue weighted by molar-refractivity contribution is 4.76. The number of nitrogens with zero attached hydrogens (tertiary/aromatic N) is 1. The van der Waals surface area contributed by atoms with Crippen molar-refractivity contribution in [1.29, 1.82) is 0 Å². The summed E-state index contributed by atoms with van der Waals surface area (Å²) < 4.78 is 36.4. The van der Waals surface area contributed by atoms with Crippen LogP contribution in [-0.4, -0.2) is 35.7 Å². The monoisotopic (exact) mass is 134 g/mol. The van der Waals surface area contributed by atoms with Gasteiger partial charge in [0.2, 0.25) is 0 Å². The van der Waals surface area contributed by atoms with E-state index in [4.69, 9.17) is 12.0 Å². The second kappa shape index (κ2) is 3.18. The molecule has 0 aromatic heterocycles. The molecular formula is C7H15NO. The van der Waals surface area contributed by atoms with Crippen molar-refractivity contribution in [3.63, 3.8) is 0 Å². The highest BCUT2D eigenvalue weighted by atomic mass is 16.3. The van der Waals surface area contributed by atoms with Crippen molar-refractivity contribution in [2.45, 2.75) is 25.7 Å². The van der Waals surface area contributed by atoms with Crippen LogP contribution in [0.25, 0.3) is 0 Å². The number of hydrogen-bond acceptors (Lipinski definition) is 2. The van der Waals surface area contributed by atoms with Crippen LogP contribution in [0, 0.1) is 0 Å². The van der Waals surface area contributed by atoms with Crippen LogP contribution in [0.5, 0.6) is 0 Å². The minimum atomic E-state index is -2.66. The molecule has 0 amide bonds. The molecule has 1 rings (SSSR count). The lowest BCUT2D eigenvalue weighted by Crippen LogP contribution is -2.31. The van der Waals surface area contributed by atoms with Crippen molar-refractivity contribution in [2.75, 3.05) is 19.6 Å². The van der Waals surface area contributed by atoms with Crippen LogP contribution in [0.3, 0.4) is 0 Å². The standard InChI is InChI=1S/C7H15NO/c1-2-8-5-3-4-7(8)6-9/h7,9H,2-6H2,1H3/t7-/m0/s1/i1D3,2D2. The van der Waals surface area contributed by atoms with Gasteiger partial charge in [-0.25, -0.2) is 0 Å². The van der Waals surface area contributed by atoms with Crippen molar-refractivity contribution in [2.24, 2.45) is 0 Å². The molecule has 1 heterocycles. The van der Waals surface area contributed by atoms with Crippen molar-refractivity contribution in [3.8, 4) is 0 Å². The van der Waals surface area contributed by atoms with Gasteiger partial charge in [0.25, 0.3) is 0 Å². The van der Waals surface area contributed by atoms with Gasteiger partial charge in [-0.3, -0.25) is 4.90 Å². The summed E-state index contributed by atoms with van der Waals surface area (Å²) in [5, 5.41) is 8.97. The molecule has 9 heavy (non-hydrogen) atoms. The normalized spacial score (nSPS) is 40.6. The Morgan fingerprint density at radius 2 is 2.89 bits per heavy atom. The maximum atomic E-state index is 8.97. The smallest absolute Gasteiger partial charge is 0.0586 e. The first-order chi connectivity index (χ1) is 6.30. The number of likely N-dealkylation sites (N-methyl/N-ethyl adjacent to an activating group) is 1. The third kappa shape index (κ3) is 1.43. The Labute approximate surface area is 63.5 Å². The average Bonchev–Trinajstić information content (AvgIpc) is 2.49. The molecule has 1 N–H and O–H groups in total. The predicted octanol–water partition coefficient (Wildman–Crippen LogP) is 0.463. The molecule has 0 aliphatic carbocycles. The molecule has 0 aromatic carbocycles. The molecule has 2 nitrogen and oxygen atoms in total. The van der Waals surface area contributed by atoms with E-state index in [-0.39, 0.29) is 12.6 Å². The lowest BCUT2D eigenvalue weighted by atomic mass is 10.2. The lowest BCUT2D eigenvalue weighted by Gasteiger charge is -2.19. The SMILES string of the molecule is [2H]C([2H])([2H])C([2H])([2H])N1CCC[C@H]1CO. The second-order valence-corrected chi connectivity index (χ2v) is 2.28. The highest BCUT2D eigenvalue weighted by Crippen LogP contribution is 2.14. The zero-order valence-corrected chi connectivity index (χ0v) is 5.30. The molecule has 0 spiro atoms. The summed E-state index contributed by atoms with van der Waals surface area (Å²) in [6.07, 6.45) is 1.40. The summed E-state index contributed by atoms with van der Waals surface area (Å²) in [5.74, 6) is 0. The van der Waals surface area contributed by atoms with Gasteiger partial charge in [0, 0.05) is 12.9 Å². The Hall–Kier alpha value is -0.0800. The minimum Gasteiger partial charge on any atom is -0.395 e. The first kappa shape index (κ1) is 2.89. The van der Waals surface area contributed by atoms with Gasteiger partial charge in [0.1, 0.15) is 0 Å². The number of aliphatic hydroxyl groups is 1. The number of likely N-dealkylation sites (tertiary alicyclic amines) is 1. The van der Waals surface area contributed by atoms with Crippen LogP contribution in [0.2, 0.25) is 0 Å². The van der Waals surface area contributed by atoms with Gasteiger partial charge in [-0.1, -0.05) is 6.85 Å². The van der Waals surface area contributed by atoms with Crippen LogP contribution in [0.4, 0.5) is 0 Å². The lowest BCUT2D eigenvalue weighted by molar-refractivity contribution is 0.164. The Morgan fingerprint density at radius 1 is 2.00 bits per heavy atom. The molecule has 1 fully saturated rings. The molecule has 0 radical (unpaired) electrons. The van der Waals surface area contributed by atoms with Gasteiger partial charge in [-0.05, 0) is 25.9 Å². The van der Waals surface area contributed by atoms with Gasteiger partial charge >= 0.3 is 0 Å². The fourth-order valence-corrected chi connectivity index (χ4v) is 1.17. The van der Waals surface area contributed by atoms with E-state index in [1.54, 1.807) is 0 Å². The van der Waals surface area contributed by atoms with E-state index in [1.807, 2.05) is 0 Å². The molecule has 1 aliphatic heterocycles. The maximum Gasteiger partial charge on any atom is 0.0586 e. The van der Waals surface area contributed by atoms with Gasteiger partial charge in [-0.15, -0.1) is 0 Å². The van der Waals surface area contributed by atoms with E-state index in [0.717, 1.165) is 6.42 Å². The summed E-state index contributed by atoms with van der Waals surface area (Å²) in [5.41, 5.74) is 0. The Morgan fingerprint density at radius 3 is 3.56 bits per heavy atom. The Kier molecular flexibility index (Phi) is 1.02. The molecule has 0 aromatic rings. The molecule has 54 valence electrons. The van der Waals surface area contributed by atoms with Crippen molar-refractivity contribution < 1.29 is 12.0 Å². The largest absolute Gasteiger partial charge is 0.395 e.